The van der Waals surface area contributed by atoms with E-state index in [0.29, 0.717) is 0 Å². The number of ketones is 1. The highest BCUT2D eigenvalue weighted by molar-refractivity contribution is 5.87. The summed E-state index contributed by atoms with van der Waals surface area (Å²) in [5.41, 5.74) is 0. The molecule has 0 bridgehead atoms. The molecule has 0 radical (unpaired) electrons. The van der Waals surface area contributed by atoms with Crippen LogP contribution in [-0.2, 0) is 52.4 Å². The van der Waals surface area contributed by atoms with Gasteiger partial charge in [0.25, 0.3) is 0 Å². The summed E-state index contributed by atoms with van der Waals surface area (Å²) in [5, 5.41) is 0. The number of rotatable bonds is 9. The van der Waals surface area contributed by atoms with Gasteiger partial charge in [-0.25, -0.2) is 0 Å². The third kappa shape index (κ3) is 8.70. The van der Waals surface area contributed by atoms with Crippen LogP contribution in [0.4, 0.5) is 0 Å². The Hall–Kier alpha value is -2.79. The molecule has 1 saturated heterocycles. The zero-order chi connectivity index (χ0) is 22.8. The maximum absolute atomic E-state index is 11.7. The molecule has 1 heterocycles. The largest absolute Gasteiger partial charge is 0.463 e. The van der Waals surface area contributed by atoms with Gasteiger partial charge >= 0.3 is 23.9 Å². The maximum Gasteiger partial charge on any atom is 0.303 e. The number of carbonyl (C=O) groups excluding carboxylic acids is 5. The standard InChI is InChI=1S/C19H26O11/c1-10(20)7-6-8-25-19-18(29-14(5)24)17(28-13(4)23)16(27-12(3)22)15(30-19)9-26-11(2)21/h6-7,15-19H,8-9H2,1-5H3/b7-6+/t15-,16-,17+,18-,19-/m1/s1. The highest BCUT2D eigenvalue weighted by Gasteiger charge is 2.52. The van der Waals surface area contributed by atoms with Gasteiger partial charge in [0, 0.05) is 27.7 Å². The SMILES string of the molecule is CC(=O)/C=C/CO[C@@H]1O[C@H](COC(C)=O)[C@@H](OC(C)=O)[C@H](OC(C)=O)[C@H]1OC(C)=O. The second kappa shape index (κ2) is 12.0. The van der Waals surface area contributed by atoms with E-state index in [1.807, 2.05) is 0 Å². The molecule has 1 aliphatic rings. The first-order chi connectivity index (χ1) is 14.0. The monoisotopic (exact) mass is 430 g/mol. The zero-order valence-electron chi connectivity index (χ0n) is 17.4. The molecule has 11 nitrogen and oxygen atoms in total. The average Bonchev–Trinajstić information content (AvgIpc) is 2.60. The van der Waals surface area contributed by atoms with E-state index in [-0.39, 0.29) is 19.0 Å². The van der Waals surface area contributed by atoms with E-state index in [1.165, 1.54) is 26.0 Å². The fraction of sp³-hybridized carbons (Fsp3) is 0.632. The van der Waals surface area contributed by atoms with Gasteiger partial charge in [-0.3, -0.25) is 24.0 Å². The van der Waals surface area contributed by atoms with Crippen molar-refractivity contribution in [3.8, 4) is 0 Å². The van der Waals surface area contributed by atoms with Crippen LogP contribution in [0, 0.1) is 0 Å². The van der Waals surface area contributed by atoms with Crippen LogP contribution in [0.15, 0.2) is 12.2 Å². The number of hydrogen-bond acceptors (Lipinski definition) is 11. The van der Waals surface area contributed by atoms with Crippen molar-refractivity contribution in [1.82, 2.24) is 0 Å². The van der Waals surface area contributed by atoms with Crippen LogP contribution in [0.1, 0.15) is 34.6 Å². The van der Waals surface area contributed by atoms with Crippen LogP contribution < -0.4 is 0 Å². The molecule has 5 atom stereocenters. The Morgan fingerprint density at radius 2 is 1.30 bits per heavy atom. The van der Waals surface area contributed by atoms with Gasteiger partial charge in [-0.15, -0.1) is 0 Å². The number of allylic oxidation sites excluding steroid dienone is 1. The van der Waals surface area contributed by atoms with Crippen molar-refractivity contribution < 1.29 is 52.4 Å². The lowest BCUT2D eigenvalue weighted by Gasteiger charge is -2.43. The lowest BCUT2D eigenvalue weighted by Crippen LogP contribution is -2.62. The fourth-order valence-corrected chi connectivity index (χ4v) is 2.69. The van der Waals surface area contributed by atoms with Crippen molar-refractivity contribution in [1.29, 1.82) is 0 Å². The molecule has 11 heteroatoms. The molecular weight excluding hydrogens is 404 g/mol. The maximum atomic E-state index is 11.7. The van der Waals surface area contributed by atoms with Crippen LogP contribution in [0.25, 0.3) is 0 Å². The van der Waals surface area contributed by atoms with E-state index in [0.717, 1.165) is 20.8 Å². The molecular formula is C19H26O11. The summed E-state index contributed by atoms with van der Waals surface area (Å²) in [6, 6.07) is 0. The van der Waals surface area contributed by atoms with Crippen LogP contribution in [0.3, 0.4) is 0 Å². The number of ether oxygens (including phenoxy) is 6. The van der Waals surface area contributed by atoms with Gasteiger partial charge < -0.3 is 28.4 Å². The topological polar surface area (TPSA) is 141 Å². The molecule has 0 amide bonds. The summed E-state index contributed by atoms with van der Waals surface area (Å²) in [7, 11) is 0. The average molecular weight is 430 g/mol. The van der Waals surface area contributed by atoms with E-state index in [9.17, 15) is 24.0 Å². The van der Waals surface area contributed by atoms with Gasteiger partial charge in [0.05, 0.1) is 6.61 Å². The summed E-state index contributed by atoms with van der Waals surface area (Å²) in [6.45, 7) is 5.46. The minimum absolute atomic E-state index is 0.104. The summed E-state index contributed by atoms with van der Waals surface area (Å²) < 4.78 is 31.9. The summed E-state index contributed by atoms with van der Waals surface area (Å²) in [6.07, 6.45) is -3.52. The van der Waals surface area contributed by atoms with Gasteiger partial charge in [-0.1, -0.05) is 6.08 Å². The molecule has 0 aromatic rings. The summed E-state index contributed by atoms with van der Waals surface area (Å²) >= 11 is 0. The van der Waals surface area contributed by atoms with E-state index < -0.39 is 54.6 Å². The minimum atomic E-state index is -1.30. The van der Waals surface area contributed by atoms with Gasteiger partial charge in [0.1, 0.15) is 12.7 Å². The first-order valence-corrected chi connectivity index (χ1v) is 9.10. The molecule has 0 spiro atoms. The second-order valence-corrected chi connectivity index (χ2v) is 6.41. The van der Waals surface area contributed by atoms with Crippen molar-refractivity contribution in [3.05, 3.63) is 12.2 Å². The Morgan fingerprint density at radius 1 is 0.767 bits per heavy atom. The second-order valence-electron chi connectivity index (χ2n) is 6.41. The van der Waals surface area contributed by atoms with Gasteiger partial charge in [-0.2, -0.15) is 0 Å². The Kier molecular flexibility index (Phi) is 10.1. The molecule has 1 rings (SSSR count). The molecule has 168 valence electrons. The molecule has 0 saturated carbocycles. The van der Waals surface area contributed by atoms with Crippen LogP contribution in [0.5, 0.6) is 0 Å². The molecule has 0 aromatic heterocycles. The fourth-order valence-electron chi connectivity index (χ4n) is 2.69. The van der Waals surface area contributed by atoms with Crippen LogP contribution in [-0.4, -0.2) is 73.6 Å². The lowest BCUT2D eigenvalue weighted by atomic mass is 9.98. The van der Waals surface area contributed by atoms with Gasteiger partial charge in [0.2, 0.25) is 0 Å². The van der Waals surface area contributed by atoms with Crippen molar-refractivity contribution in [3.63, 3.8) is 0 Å². The Labute approximate surface area is 173 Å². The highest BCUT2D eigenvalue weighted by atomic mass is 16.7. The van der Waals surface area contributed by atoms with E-state index in [2.05, 4.69) is 0 Å². The van der Waals surface area contributed by atoms with Gasteiger partial charge in [-0.05, 0) is 13.0 Å². The van der Waals surface area contributed by atoms with Gasteiger partial charge in [0.15, 0.2) is 30.4 Å². The van der Waals surface area contributed by atoms with E-state index >= 15 is 0 Å². The third-order valence-electron chi connectivity index (χ3n) is 3.66. The molecule has 0 aliphatic carbocycles. The molecule has 1 fully saturated rings. The predicted molar refractivity (Wildman–Crippen MR) is 97.7 cm³/mol. The quantitative estimate of drug-likeness (QED) is 0.282. The molecule has 30 heavy (non-hydrogen) atoms. The van der Waals surface area contributed by atoms with Crippen molar-refractivity contribution >= 4 is 29.7 Å². The number of carbonyl (C=O) groups is 5. The Balaban J connectivity index is 3.23. The van der Waals surface area contributed by atoms with Crippen molar-refractivity contribution in [2.75, 3.05) is 13.2 Å². The number of esters is 4. The minimum Gasteiger partial charge on any atom is -0.463 e. The first-order valence-electron chi connectivity index (χ1n) is 9.10. The molecule has 0 N–H and O–H groups in total. The Morgan fingerprint density at radius 3 is 1.80 bits per heavy atom. The van der Waals surface area contributed by atoms with E-state index in [1.54, 1.807) is 0 Å². The normalized spacial score (nSPS) is 26.0. The first kappa shape index (κ1) is 25.2. The number of hydrogen-bond donors (Lipinski definition) is 0. The highest BCUT2D eigenvalue weighted by Crippen LogP contribution is 2.29. The van der Waals surface area contributed by atoms with Crippen molar-refractivity contribution in [2.24, 2.45) is 0 Å². The molecule has 1 aliphatic heterocycles. The Bertz CT molecular complexity index is 684. The van der Waals surface area contributed by atoms with E-state index in [4.69, 9.17) is 28.4 Å². The smallest absolute Gasteiger partial charge is 0.303 e. The summed E-state index contributed by atoms with van der Waals surface area (Å²) in [4.78, 5) is 57.2. The molecule has 0 unspecified atom stereocenters. The predicted octanol–water partition coefficient (Wildman–Crippen LogP) is 0.231. The summed E-state index contributed by atoms with van der Waals surface area (Å²) in [5.74, 6) is -3.02. The lowest BCUT2D eigenvalue weighted by molar-refractivity contribution is -0.305. The van der Waals surface area contributed by atoms with Crippen LogP contribution >= 0.6 is 0 Å². The zero-order valence-corrected chi connectivity index (χ0v) is 17.4. The third-order valence-corrected chi connectivity index (χ3v) is 3.66. The van der Waals surface area contributed by atoms with Crippen molar-refractivity contribution in [2.45, 2.75) is 65.3 Å². The van der Waals surface area contributed by atoms with Crippen LogP contribution in [0.2, 0.25) is 0 Å². The molecule has 0 aromatic carbocycles.